The van der Waals surface area contributed by atoms with E-state index in [0.717, 1.165) is 22.0 Å². The smallest absolute Gasteiger partial charge is 0.264 e. The van der Waals surface area contributed by atoms with Gasteiger partial charge in [0.15, 0.2) is 0 Å². The summed E-state index contributed by atoms with van der Waals surface area (Å²) < 4.78 is 39.8. The Morgan fingerprint density at radius 3 is 2.24 bits per heavy atom. The largest absolute Gasteiger partial charge is 0.396 e. The maximum Gasteiger partial charge on any atom is 0.264 e. The van der Waals surface area contributed by atoms with Gasteiger partial charge in [-0.25, -0.2) is 12.8 Å². The predicted octanol–water partition coefficient (Wildman–Crippen LogP) is 2.85. The van der Waals surface area contributed by atoms with Gasteiger partial charge in [-0.2, -0.15) is 0 Å². The highest BCUT2D eigenvalue weighted by atomic mass is 32.2. The molecule has 0 radical (unpaired) electrons. The minimum absolute atomic E-state index is 0.00414. The lowest BCUT2D eigenvalue weighted by atomic mass is 10.2. The highest BCUT2D eigenvalue weighted by molar-refractivity contribution is 7.92. The number of nitrogens with two attached hydrogens (primary N) is 1. The van der Waals surface area contributed by atoms with Crippen LogP contribution in [0.5, 0.6) is 0 Å². The zero-order valence-electron chi connectivity index (χ0n) is 12.1. The molecule has 0 saturated carbocycles. The van der Waals surface area contributed by atoms with Gasteiger partial charge in [0.2, 0.25) is 0 Å². The molecule has 6 heteroatoms. The van der Waals surface area contributed by atoms with Gasteiger partial charge in [0, 0.05) is 7.05 Å². The fourth-order valence-electron chi connectivity index (χ4n) is 1.99. The van der Waals surface area contributed by atoms with E-state index >= 15 is 0 Å². The van der Waals surface area contributed by atoms with E-state index in [1.165, 1.54) is 7.05 Å². The van der Waals surface area contributed by atoms with Crippen LogP contribution in [0.25, 0.3) is 0 Å². The number of anilines is 2. The fraction of sp³-hybridized carbons (Fsp3) is 0.200. The molecule has 0 spiro atoms. The minimum atomic E-state index is -3.79. The van der Waals surface area contributed by atoms with E-state index in [1.54, 1.807) is 19.1 Å². The summed E-state index contributed by atoms with van der Waals surface area (Å²) >= 11 is 0. The highest BCUT2D eigenvalue weighted by Crippen LogP contribution is 2.27. The van der Waals surface area contributed by atoms with Gasteiger partial charge < -0.3 is 5.73 Å². The van der Waals surface area contributed by atoms with E-state index in [2.05, 4.69) is 0 Å². The van der Waals surface area contributed by atoms with Crippen molar-refractivity contribution in [2.75, 3.05) is 17.1 Å². The molecule has 0 unspecified atom stereocenters. The molecule has 0 fully saturated rings. The van der Waals surface area contributed by atoms with Crippen LogP contribution in [-0.4, -0.2) is 15.5 Å². The molecule has 0 aliphatic heterocycles. The maximum atomic E-state index is 13.4. The Labute approximate surface area is 124 Å². The predicted molar refractivity (Wildman–Crippen MR) is 82.3 cm³/mol. The quantitative estimate of drug-likeness (QED) is 0.887. The summed E-state index contributed by atoms with van der Waals surface area (Å²) in [7, 11) is -2.33. The van der Waals surface area contributed by atoms with Gasteiger partial charge in [-0.15, -0.1) is 0 Å². The lowest BCUT2D eigenvalue weighted by Crippen LogP contribution is -2.27. The molecule has 21 heavy (non-hydrogen) atoms. The van der Waals surface area contributed by atoms with Crippen LogP contribution in [0.15, 0.2) is 41.3 Å². The lowest BCUT2D eigenvalue weighted by Gasteiger charge is -2.21. The second-order valence-electron chi connectivity index (χ2n) is 4.95. The van der Waals surface area contributed by atoms with Gasteiger partial charge in [0.25, 0.3) is 10.0 Å². The molecule has 2 rings (SSSR count). The first-order chi connectivity index (χ1) is 9.73. The molecule has 2 aromatic rings. The zero-order valence-corrected chi connectivity index (χ0v) is 12.9. The van der Waals surface area contributed by atoms with E-state index in [4.69, 9.17) is 5.73 Å². The van der Waals surface area contributed by atoms with Gasteiger partial charge >= 0.3 is 0 Å². The number of hydrogen-bond acceptors (Lipinski definition) is 3. The van der Waals surface area contributed by atoms with Crippen LogP contribution >= 0.6 is 0 Å². The van der Waals surface area contributed by atoms with Crippen molar-refractivity contribution in [2.45, 2.75) is 18.7 Å². The summed E-state index contributed by atoms with van der Waals surface area (Å²) in [6, 6.07) is 9.38. The van der Waals surface area contributed by atoms with Crippen LogP contribution in [0.3, 0.4) is 0 Å². The number of hydrogen-bond donors (Lipinski definition) is 1. The van der Waals surface area contributed by atoms with Crippen LogP contribution in [0.2, 0.25) is 0 Å². The Morgan fingerprint density at radius 1 is 1.10 bits per heavy atom. The van der Waals surface area contributed by atoms with E-state index in [9.17, 15) is 12.8 Å². The zero-order chi connectivity index (χ0) is 15.8. The van der Waals surface area contributed by atoms with E-state index in [1.807, 2.05) is 19.1 Å². The Kier molecular flexibility index (Phi) is 3.91. The molecule has 0 aromatic heterocycles. The van der Waals surface area contributed by atoms with Gasteiger partial charge in [0.05, 0.1) is 16.3 Å². The third kappa shape index (κ3) is 2.85. The molecule has 0 heterocycles. The molecule has 0 aliphatic carbocycles. The van der Waals surface area contributed by atoms with Crippen molar-refractivity contribution in [2.24, 2.45) is 0 Å². The first-order valence-electron chi connectivity index (χ1n) is 6.34. The molecule has 0 saturated heterocycles. The van der Waals surface area contributed by atoms with Crippen LogP contribution in [0.4, 0.5) is 15.8 Å². The topological polar surface area (TPSA) is 63.4 Å². The van der Waals surface area contributed by atoms with E-state index in [-0.39, 0.29) is 10.6 Å². The molecule has 0 bridgehead atoms. The van der Waals surface area contributed by atoms with Crippen LogP contribution in [0, 0.1) is 19.7 Å². The van der Waals surface area contributed by atoms with Crippen molar-refractivity contribution in [1.82, 2.24) is 0 Å². The minimum Gasteiger partial charge on any atom is -0.396 e. The molecule has 0 amide bonds. The van der Waals surface area contributed by atoms with Crippen molar-refractivity contribution >= 4 is 21.4 Å². The Bertz CT molecular complexity index is 771. The second kappa shape index (κ2) is 5.37. The van der Waals surface area contributed by atoms with Crippen molar-refractivity contribution in [3.8, 4) is 0 Å². The van der Waals surface area contributed by atoms with Crippen LogP contribution in [0.1, 0.15) is 11.1 Å². The van der Waals surface area contributed by atoms with Crippen molar-refractivity contribution < 1.29 is 12.8 Å². The van der Waals surface area contributed by atoms with Crippen LogP contribution in [-0.2, 0) is 10.0 Å². The number of rotatable bonds is 3. The van der Waals surface area contributed by atoms with Crippen molar-refractivity contribution in [3.05, 3.63) is 53.3 Å². The fourth-order valence-corrected chi connectivity index (χ4v) is 3.42. The summed E-state index contributed by atoms with van der Waals surface area (Å²) in [6.07, 6.45) is 0. The average Bonchev–Trinajstić information content (AvgIpc) is 2.42. The highest BCUT2D eigenvalue weighted by Gasteiger charge is 2.24. The monoisotopic (exact) mass is 308 g/mol. The number of aryl methyl sites for hydroxylation is 2. The van der Waals surface area contributed by atoms with Crippen LogP contribution < -0.4 is 10.0 Å². The standard InChI is InChI=1S/C15H17FN2O2S/c1-10-4-6-12(7-5-10)18(3)21(19,20)15-9-14(17)13(16)8-11(15)2/h4-9H,17H2,1-3H3. The summed E-state index contributed by atoms with van der Waals surface area (Å²) in [4.78, 5) is 0.00414. The second-order valence-corrected chi connectivity index (χ2v) is 6.88. The lowest BCUT2D eigenvalue weighted by molar-refractivity contribution is 0.592. The summed E-state index contributed by atoms with van der Waals surface area (Å²) in [6.45, 7) is 3.46. The molecule has 2 N–H and O–H groups in total. The van der Waals surface area contributed by atoms with E-state index < -0.39 is 15.8 Å². The van der Waals surface area contributed by atoms with Crippen molar-refractivity contribution in [3.63, 3.8) is 0 Å². The summed E-state index contributed by atoms with van der Waals surface area (Å²) in [5, 5.41) is 0. The Hall–Kier alpha value is -2.08. The van der Waals surface area contributed by atoms with Gasteiger partial charge in [-0.05, 0) is 43.7 Å². The average molecular weight is 308 g/mol. The number of halogens is 1. The Balaban J connectivity index is 2.51. The van der Waals surface area contributed by atoms with E-state index in [0.29, 0.717) is 11.3 Å². The molecular formula is C15H17FN2O2S. The molecule has 4 nitrogen and oxygen atoms in total. The van der Waals surface area contributed by atoms with Gasteiger partial charge in [-0.1, -0.05) is 17.7 Å². The third-order valence-electron chi connectivity index (χ3n) is 3.33. The SMILES string of the molecule is Cc1ccc(N(C)S(=O)(=O)c2cc(N)c(F)cc2C)cc1. The summed E-state index contributed by atoms with van der Waals surface area (Å²) in [5.41, 5.74) is 7.19. The normalized spacial score (nSPS) is 11.4. The number of sulfonamides is 1. The molecule has 0 aliphatic rings. The Morgan fingerprint density at radius 2 is 1.67 bits per heavy atom. The molecular weight excluding hydrogens is 291 g/mol. The first kappa shape index (κ1) is 15.3. The number of benzene rings is 2. The number of nitrogens with zero attached hydrogens (tertiary/aromatic N) is 1. The number of nitrogen functional groups attached to an aromatic ring is 1. The molecule has 2 aromatic carbocycles. The summed E-state index contributed by atoms with van der Waals surface area (Å²) in [5.74, 6) is -0.621. The molecule has 0 atom stereocenters. The van der Waals surface area contributed by atoms with Crippen molar-refractivity contribution in [1.29, 1.82) is 0 Å². The first-order valence-corrected chi connectivity index (χ1v) is 7.78. The van der Waals surface area contributed by atoms with Gasteiger partial charge in [-0.3, -0.25) is 4.31 Å². The van der Waals surface area contributed by atoms with Gasteiger partial charge in [0.1, 0.15) is 5.82 Å². The maximum absolute atomic E-state index is 13.4. The molecule has 112 valence electrons. The third-order valence-corrected chi connectivity index (χ3v) is 5.26.